The third-order valence-electron chi connectivity index (χ3n) is 2.04. The highest BCUT2D eigenvalue weighted by Gasteiger charge is 2.18. The van der Waals surface area contributed by atoms with Crippen LogP contribution < -0.4 is 10.5 Å². The predicted octanol–water partition coefficient (Wildman–Crippen LogP) is 2.49. The monoisotopic (exact) mass is 219 g/mol. The number of ether oxygens (including phenoxy) is 1. The zero-order valence-electron chi connectivity index (χ0n) is 8.21. The van der Waals surface area contributed by atoms with Crippen molar-refractivity contribution < 1.29 is 17.9 Å². The SMILES string of the molecule is COc1cccc([C@@H](N)CC(F)F)c1F. The van der Waals surface area contributed by atoms with Crippen LogP contribution in [0, 0.1) is 5.82 Å². The molecule has 0 bridgehead atoms. The summed E-state index contributed by atoms with van der Waals surface area (Å²) in [5.41, 5.74) is 5.50. The Morgan fingerprint density at radius 1 is 1.40 bits per heavy atom. The molecule has 0 radical (unpaired) electrons. The van der Waals surface area contributed by atoms with E-state index in [4.69, 9.17) is 10.5 Å². The van der Waals surface area contributed by atoms with Crippen molar-refractivity contribution >= 4 is 0 Å². The maximum Gasteiger partial charge on any atom is 0.240 e. The Labute approximate surface area is 85.8 Å². The first kappa shape index (κ1) is 11.8. The highest BCUT2D eigenvalue weighted by Crippen LogP contribution is 2.26. The van der Waals surface area contributed by atoms with Crippen molar-refractivity contribution in [2.24, 2.45) is 5.73 Å². The van der Waals surface area contributed by atoms with Gasteiger partial charge in [-0.15, -0.1) is 0 Å². The van der Waals surface area contributed by atoms with Crippen LogP contribution in [0.3, 0.4) is 0 Å². The van der Waals surface area contributed by atoms with Crippen LogP contribution in [-0.2, 0) is 0 Å². The molecule has 0 saturated heterocycles. The Balaban J connectivity index is 2.93. The molecular formula is C10H12F3NO. The number of halogens is 3. The van der Waals surface area contributed by atoms with Crippen LogP contribution in [0.4, 0.5) is 13.2 Å². The lowest BCUT2D eigenvalue weighted by Crippen LogP contribution is -2.15. The lowest BCUT2D eigenvalue weighted by molar-refractivity contribution is 0.128. The second-order valence-corrected chi connectivity index (χ2v) is 3.10. The van der Waals surface area contributed by atoms with E-state index in [0.717, 1.165) is 0 Å². The molecule has 0 heterocycles. The van der Waals surface area contributed by atoms with Gasteiger partial charge >= 0.3 is 0 Å². The molecule has 0 aliphatic heterocycles. The van der Waals surface area contributed by atoms with Crippen molar-refractivity contribution in [3.8, 4) is 5.75 Å². The minimum atomic E-state index is -2.55. The average molecular weight is 219 g/mol. The summed E-state index contributed by atoms with van der Waals surface area (Å²) in [5, 5.41) is 0. The first-order chi connectivity index (χ1) is 7.06. The smallest absolute Gasteiger partial charge is 0.240 e. The maximum atomic E-state index is 13.5. The second kappa shape index (κ2) is 5.02. The van der Waals surface area contributed by atoms with Crippen molar-refractivity contribution in [3.63, 3.8) is 0 Å². The quantitative estimate of drug-likeness (QED) is 0.844. The fourth-order valence-electron chi connectivity index (χ4n) is 1.29. The summed E-state index contributed by atoms with van der Waals surface area (Å²) in [5.74, 6) is -0.662. The van der Waals surface area contributed by atoms with E-state index in [-0.39, 0.29) is 11.3 Å². The molecule has 0 fully saturated rings. The van der Waals surface area contributed by atoms with Crippen molar-refractivity contribution in [2.45, 2.75) is 18.9 Å². The Morgan fingerprint density at radius 3 is 2.60 bits per heavy atom. The summed E-state index contributed by atoms with van der Waals surface area (Å²) in [6.07, 6.45) is -3.12. The minimum absolute atomic E-state index is 0.0113. The zero-order chi connectivity index (χ0) is 11.4. The van der Waals surface area contributed by atoms with Gasteiger partial charge in [-0.2, -0.15) is 0 Å². The second-order valence-electron chi connectivity index (χ2n) is 3.10. The molecule has 1 aromatic carbocycles. The Hall–Kier alpha value is -1.23. The van der Waals surface area contributed by atoms with Gasteiger partial charge in [0.15, 0.2) is 11.6 Å². The van der Waals surface area contributed by atoms with Crippen LogP contribution in [0.15, 0.2) is 18.2 Å². The van der Waals surface area contributed by atoms with E-state index < -0.39 is 24.7 Å². The van der Waals surface area contributed by atoms with Gasteiger partial charge in [0.25, 0.3) is 0 Å². The number of nitrogens with two attached hydrogens (primary N) is 1. The van der Waals surface area contributed by atoms with Gasteiger partial charge < -0.3 is 10.5 Å². The number of hydrogen-bond acceptors (Lipinski definition) is 2. The molecule has 0 aliphatic rings. The number of hydrogen-bond donors (Lipinski definition) is 1. The van der Waals surface area contributed by atoms with Crippen LogP contribution in [0.1, 0.15) is 18.0 Å². The molecule has 1 rings (SSSR count). The normalized spacial score (nSPS) is 12.9. The van der Waals surface area contributed by atoms with E-state index in [1.54, 1.807) is 0 Å². The number of rotatable bonds is 4. The molecule has 0 amide bonds. The largest absolute Gasteiger partial charge is 0.494 e. The van der Waals surface area contributed by atoms with Gasteiger partial charge in [0, 0.05) is 18.0 Å². The summed E-state index contributed by atoms with van der Waals surface area (Å²) in [4.78, 5) is 0. The van der Waals surface area contributed by atoms with E-state index in [1.807, 2.05) is 0 Å². The Kier molecular flexibility index (Phi) is 3.96. The predicted molar refractivity (Wildman–Crippen MR) is 50.5 cm³/mol. The molecule has 5 heteroatoms. The van der Waals surface area contributed by atoms with E-state index in [2.05, 4.69) is 0 Å². The maximum absolute atomic E-state index is 13.5. The molecule has 0 spiro atoms. The first-order valence-electron chi connectivity index (χ1n) is 4.42. The number of alkyl halides is 2. The van der Waals surface area contributed by atoms with Gasteiger partial charge in [0.1, 0.15) is 0 Å². The zero-order valence-corrected chi connectivity index (χ0v) is 8.21. The van der Waals surface area contributed by atoms with Crippen LogP contribution in [0.5, 0.6) is 5.75 Å². The van der Waals surface area contributed by atoms with Crippen molar-refractivity contribution in [3.05, 3.63) is 29.6 Å². The molecule has 2 N–H and O–H groups in total. The van der Waals surface area contributed by atoms with E-state index in [1.165, 1.54) is 25.3 Å². The summed E-state index contributed by atoms with van der Waals surface area (Å²) in [6, 6.07) is 3.29. The van der Waals surface area contributed by atoms with Crippen LogP contribution in [0.25, 0.3) is 0 Å². The molecule has 84 valence electrons. The fourth-order valence-corrected chi connectivity index (χ4v) is 1.29. The molecule has 0 saturated carbocycles. The fraction of sp³-hybridized carbons (Fsp3) is 0.400. The lowest BCUT2D eigenvalue weighted by Gasteiger charge is -2.13. The topological polar surface area (TPSA) is 35.2 Å². The van der Waals surface area contributed by atoms with Gasteiger partial charge in [0.2, 0.25) is 6.43 Å². The van der Waals surface area contributed by atoms with Gasteiger partial charge in [0.05, 0.1) is 7.11 Å². The Morgan fingerprint density at radius 2 is 2.07 bits per heavy atom. The molecule has 0 aliphatic carbocycles. The molecule has 15 heavy (non-hydrogen) atoms. The van der Waals surface area contributed by atoms with Gasteiger partial charge in [-0.05, 0) is 6.07 Å². The third-order valence-corrected chi connectivity index (χ3v) is 2.04. The number of methoxy groups -OCH3 is 1. The minimum Gasteiger partial charge on any atom is -0.494 e. The van der Waals surface area contributed by atoms with Crippen molar-refractivity contribution in [1.82, 2.24) is 0 Å². The molecule has 2 nitrogen and oxygen atoms in total. The standard InChI is InChI=1S/C10H12F3NO/c1-15-8-4-2-3-6(10(8)13)7(14)5-9(11)12/h2-4,7,9H,5,14H2,1H3/t7-/m0/s1. The van der Waals surface area contributed by atoms with Gasteiger partial charge in [-0.3, -0.25) is 0 Å². The summed E-state index contributed by atoms with van der Waals surface area (Å²) < 4.78 is 42.3. The highest BCUT2D eigenvalue weighted by molar-refractivity contribution is 5.32. The number of benzene rings is 1. The van der Waals surface area contributed by atoms with E-state index in [9.17, 15) is 13.2 Å². The summed E-state index contributed by atoms with van der Waals surface area (Å²) in [6.45, 7) is 0. The highest BCUT2D eigenvalue weighted by atomic mass is 19.3. The third kappa shape index (κ3) is 2.86. The summed E-state index contributed by atoms with van der Waals surface area (Å²) in [7, 11) is 1.31. The average Bonchev–Trinajstić information content (AvgIpc) is 2.17. The van der Waals surface area contributed by atoms with Crippen LogP contribution >= 0.6 is 0 Å². The van der Waals surface area contributed by atoms with E-state index in [0.29, 0.717) is 0 Å². The molecule has 0 unspecified atom stereocenters. The van der Waals surface area contributed by atoms with Gasteiger partial charge in [-0.25, -0.2) is 13.2 Å². The van der Waals surface area contributed by atoms with Crippen molar-refractivity contribution in [1.29, 1.82) is 0 Å². The molecule has 0 aromatic heterocycles. The Bertz CT molecular complexity index is 330. The van der Waals surface area contributed by atoms with Crippen LogP contribution in [-0.4, -0.2) is 13.5 Å². The van der Waals surface area contributed by atoms with Crippen LogP contribution in [0.2, 0.25) is 0 Å². The molecule has 1 atom stereocenters. The van der Waals surface area contributed by atoms with Crippen molar-refractivity contribution in [2.75, 3.05) is 7.11 Å². The van der Waals surface area contributed by atoms with E-state index >= 15 is 0 Å². The first-order valence-corrected chi connectivity index (χ1v) is 4.42. The summed E-state index contributed by atoms with van der Waals surface area (Å²) >= 11 is 0. The van der Waals surface area contributed by atoms with Gasteiger partial charge in [-0.1, -0.05) is 12.1 Å². The lowest BCUT2D eigenvalue weighted by atomic mass is 10.0. The molecular weight excluding hydrogens is 207 g/mol. The molecule has 1 aromatic rings.